The summed E-state index contributed by atoms with van der Waals surface area (Å²) in [7, 11) is 3.42. The van der Waals surface area contributed by atoms with Gasteiger partial charge in [-0.2, -0.15) is 10.4 Å². The quantitative estimate of drug-likeness (QED) is 0.279. The molecule has 0 radical (unpaired) electrons. The Labute approximate surface area is 201 Å². The van der Waals surface area contributed by atoms with Gasteiger partial charge in [-0.1, -0.05) is 30.3 Å². The number of hydrogen-bond acceptors (Lipinski definition) is 6. The number of nitrogens with zero attached hydrogens (tertiary/aromatic N) is 4. The van der Waals surface area contributed by atoms with Gasteiger partial charge in [0.05, 0.1) is 30.9 Å². The Morgan fingerprint density at radius 3 is 2.66 bits per heavy atom. The van der Waals surface area contributed by atoms with Gasteiger partial charge in [0.15, 0.2) is 0 Å². The van der Waals surface area contributed by atoms with E-state index in [1.807, 2.05) is 37.4 Å². The molecule has 35 heavy (non-hydrogen) atoms. The van der Waals surface area contributed by atoms with Crippen molar-refractivity contribution < 1.29 is 14.3 Å². The van der Waals surface area contributed by atoms with Crippen LogP contribution in [0.4, 0.5) is 5.69 Å². The fourth-order valence-corrected chi connectivity index (χ4v) is 4.35. The zero-order valence-corrected chi connectivity index (χ0v) is 19.1. The first-order valence-corrected chi connectivity index (χ1v) is 10.9. The van der Waals surface area contributed by atoms with E-state index in [0.29, 0.717) is 28.1 Å². The predicted molar refractivity (Wildman–Crippen MR) is 132 cm³/mol. The van der Waals surface area contributed by atoms with Crippen LogP contribution in [-0.4, -0.2) is 33.6 Å². The number of benzene rings is 3. The van der Waals surface area contributed by atoms with Crippen LogP contribution in [0.25, 0.3) is 28.1 Å². The van der Waals surface area contributed by atoms with Crippen LogP contribution in [-0.2, 0) is 18.4 Å². The van der Waals surface area contributed by atoms with Crippen LogP contribution in [0, 0.1) is 11.3 Å². The van der Waals surface area contributed by atoms with Gasteiger partial charge in [0, 0.05) is 18.1 Å². The molecule has 0 saturated carbocycles. The molecule has 0 spiro atoms. The molecular weight excluding hydrogens is 442 g/mol. The summed E-state index contributed by atoms with van der Waals surface area (Å²) < 4.78 is 6.92. The van der Waals surface area contributed by atoms with Crippen molar-refractivity contribution in [2.45, 2.75) is 6.54 Å². The Kier molecular flexibility index (Phi) is 5.30. The monoisotopic (exact) mass is 463 g/mol. The summed E-state index contributed by atoms with van der Waals surface area (Å²) in [5, 5.41) is 15.0. The molecule has 0 fully saturated rings. The average molecular weight is 463 g/mol. The summed E-state index contributed by atoms with van der Waals surface area (Å²) in [5.41, 5.74) is 10.5. The van der Waals surface area contributed by atoms with E-state index in [4.69, 9.17) is 10.5 Å². The number of ether oxygens (including phenoxy) is 1. The molecular formula is C27H21N5O3. The van der Waals surface area contributed by atoms with E-state index in [2.05, 4.69) is 5.10 Å². The second-order valence-electron chi connectivity index (χ2n) is 8.24. The van der Waals surface area contributed by atoms with Crippen LogP contribution in [0.5, 0.6) is 5.75 Å². The van der Waals surface area contributed by atoms with Crippen molar-refractivity contribution in [1.82, 2.24) is 14.7 Å². The molecule has 3 aromatic carbocycles. The maximum absolute atomic E-state index is 13.3. The van der Waals surface area contributed by atoms with Crippen molar-refractivity contribution in [3.8, 4) is 22.9 Å². The second kappa shape index (κ2) is 8.47. The third-order valence-electron chi connectivity index (χ3n) is 6.20. The van der Waals surface area contributed by atoms with Gasteiger partial charge in [0.25, 0.3) is 11.8 Å². The minimum atomic E-state index is -0.669. The topological polar surface area (TPSA) is 114 Å². The molecule has 5 rings (SSSR count). The van der Waals surface area contributed by atoms with Gasteiger partial charge in [0.2, 0.25) is 0 Å². The Balaban J connectivity index is 1.52. The summed E-state index contributed by atoms with van der Waals surface area (Å²) in [4.78, 5) is 27.6. The van der Waals surface area contributed by atoms with Crippen LogP contribution in [0.3, 0.4) is 0 Å². The third kappa shape index (κ3) is 3.69. The standard InChI is InChI=1S/C27H21N5O3/c1-31-24-12-17(5-6-18(24)14-30-31)21-9-10-23(29)25-22(21)15-32(27(25)34)26(33)19(13-28)11-16-3-7-20(35-2)8-4-16/h3-12,14H,15,29H2,1-2H3/b19-11+. The van der Waals surface area contributed by atoms with Crippen LogP contribution >= 0.6 is 0 Å². The highest BCUT2D eigenvalue weighted by atomic mass is 16.5. The number of nitrogen functional groups attached to an aromatic ring is 1. The number of carbonyl (C=O) groups excluding carboxylic acids is 2. The first-order chi connectivity index (χ1) is 16.9. The van der Waals surface area contributed by atoms with Crippen molar-refractivity contribution in [2.24, 2.45) is 7.05 Å². The molecule has 0 unspecified atom stereocenters. The van der Waals surface area contributed by atoms with Crippen LogP contribution in [0.1, 0.15) is 21.5 Å². The van der Waals surface area contributed by atoms with Gasteiger partial charge >= 0.3 is 0 Å². The van der Waals surface area contributed by atoms with Crippen LogP contribution in [0.2, 0.25) is 0 Å². The van der Waals surface area contributed by atoms with Gasteiger partial charge in [0.1, 0.15) is 17.4 Å². The van der Waals surface area contributed by atoms with E-state index in [9.17, 15) is 14.9 Å². The molecule has 2 heterocycles. The Bertz CT molecular complexity index is 1580. The normalized spacial score (nSPS) is 13.1. The number of hydrogen-bond donors (Lipinski definition) is 1. The molecule has 1 aromatic heterocycles. The fraction of sp³-hybridized carbons (Fsp3) is 0.111. The lowest BCUT2D eigenvalue weighted by Crippen LogP contribution is -2.32. The molecule has 172 valence electrons. The van der Waals surface area contributed by atoms with Crippen molar-refractivity contribution >= 4 is 34.5 Å². The molecule has 2 N–H and O–H groups in total. The minimum Gasteiger partial charge on any atom is -0.497 e. The number of amides is 2. The molecule has 0 atom stereocenters. The summed E-state index contributed by atoms with van der Waals surface area (Å²) in [6.45, 7) is 0.0262. The van der Waals surface area contributed by atoms with Gasteiger partial charge < -0.3 is 10.5 Å². The van der Waals surface area contributed by atoms with Crippen molar-refractivity contribution in [3.63, 3.8) is 0 Å². The van der Waals surface area contributed by atoms with Crippen molar-refractivity contribution in [3.05, 3.63) is 83.1 Å². The Morgan fingerprint density at radius 2 is 1.94 bits per heavy atom. The number of nitriles is 1. The number of rotatable bonds is 4. The van der Waals surface area contributed by atoms with Crippen molar-refractivity contribution in [1.29, 1.82) is 5.26 Å². The Morgan fingerprint density at radius 1 is 1.17 bits per heavy atom. The molecule has 0 bridgehead atoms. The summed E-state index contributed by atoms with van der Waals surface area (Å²) in [6.07, 6.45) is 3.24. The van der Waals surface area contributed by atoms with Gasteiger partial charge in [-0.25, -0.2) is 0 Å². The maximum Gasteiger partial charge on any atom is 0.271 e. The van der Waals surface area contributed by atoms with Gasteiger partial charge in [-0.3, -0.25) is 19.2 Å². The molecule has 8 nitrogen and oxygen atoms in total. The summed E-state index contributed by atoms with van der Waals surface area (Å²) in [6, 6.07) is 18.3. The summed E-state index contributed by atoms with van der Waals surface area (Å²) >= 11 is 0. The molecule has 0 saturated heterocycles. The van der Waals surface area contributed by atoms with Crippen molar-refractivity contribution in [2.75, 3.05) is 12.8 Å². The lowest BCUT2D eigenvalue weighted by Gasteiger charge is -2.13. The molecule has 0 aliphatic carbocycles. The molecule has 8 heteroatoms. The molecule has 1 aliphatic heterocycles. The predicted octanol–water partition coefficient (Wildman–Crippen LogP) is 3.92. The number of anilines is 1. The zero-order chi connectivity index (χ0) is 24.7. The van der Waals surface area contributed by atoms with Crippen LogP contribution in [0.15, 0.2) is 66.4 Å². The fourth-order valence-electron chi connectivity index (χ4n) is 4.35. The number of carbonyl (C=O) groups is 2. The number of imide groups is 1. The Hall–Kier alpha value is -4.90. The smallest absolute Gasteiger partial charge is 0.271 e. The summed E-state index contributed by atoms with van der Waals surface area (Å²) in [5.74, 6) is -0.525. The van der Waals surface area contributed by atoms with Crippen LogP contribution < -0.4 is 10.5 Å². The second-order valence-corrected chi connectivity index (χ2v) is 8.24. The highest BCUT2D eigenvalue weighted by molar-refractivity contribution is 6.17. The van der Waals surface area contributed by atoms with E-state index >= 15 is 0 Å². The number of nitrogens with two attached hydrogens (primary N) is 1. The number of aromatic nitrogens is 2. The van der Waals surface area contributed by atoms with E-state index in [1.54, 1.807) is 48.3 Å². The van der Waals surface area contributed by atoms with E-state index in [0.717, 1.165) is 26.9 Å². The molecule has 2 amide bonds. The zero-order valence-electron chi connectivity index (χ0n) is 19.1. The minimum absolute atomic E-state index is 0.0262. The largest absolute Gasteiger partial charge is 0.497 e. The van der Waals surface area contributed by atoms with Gasteiger partial charge in [-0.05, 0) is 52.6 Å². The number of methoxy groups -OCH3 is 1. The average Bonchev–Trinajstić information content (AvgIpc) is 3.43. The van der Waals surface area contributed by atoms with Gasteiger partial charge in [-0.15, -0.1) is 0 Å². The van der Waals surface area contributed by atoms with E-state index < -0.39 is 11.8 Å². The highest BCUT2D eigenvalue weighted by Crippen LogP contribution is 2.37. The third-order valence-corrected chi connectivity index (χ3v) is 6.20. The first kappa shape index (κ1) is 21.9. The van der Waals surface area contributed by atoms with E-state index in [-0.39, 0.29) is 12.1 Å². The first-order valence-electron chi connectivity index (χ1n) is 10.9. The molecule has 4 aromatic rings. The lowest BCUT2D eigenvalue weighted by atomic mass is 9.95. The van der Waals surface area contributed by atoms with E-state index in [1.165, 1.54) is 6.08 Å². The molecule has 1 aliphatic rings. The maximum atomic E-state index is 13.3. The highest BCUT2D eigenvalue weighted by Gasteiger charge is 2.37. The lowest BCUT2D eigenvalue weighted by molar-refractivity contribution is -0.124. The number of fused-ring (bicyclic) bond motifs is 2. The number of aryl methyl sites for hydroxylation is 1. The SMILES string of the molecule is COc1ccc(/C=C(\C#N)C(=O)N2Cc3c(-c4ccc5cnn(C)c5c4)ccc(N)c3C2=O)cc1.